The van der Waals surface area contributed by atoms with Gasteiger partial charge in [0.1, 0.15) is 0 Å². The Labute approximate surface area is 60.0 Å². The van der Waals surface area contributed by atoms with E-state index >= 15 is 0 Å². The van der Waals surface area contributed by atoms with Crippen LogP contribution in [0.1, 0.15) is 13.8 Å². The summed E-state index contributed by atoms with van der Waals surface area (Å²) in [7, 11) is -1.02. The maximum absolute atomic E-state index is 4.09. The molecular weight excluding hydrogens is 124 g/mol. The van der Waals surface area contributed by atoms with E-state index in [9.17, 15) is 0 Å². The highest BCUT2D eigenvalue weighted by Crippen LogP contribution is 2.19. The number of hydrogen-bond acceptors (Lipinski definition) is 0. The highest BCUT2D eigenvalue weighted by molar-refractivity contribution is 6.83. The van der Waals surface area contributed by atoms with Crippen molar-refractivity contribution in [3.63, 3.8) is 0 Å². The van der Waals surface area contributed by atoms with Crippen LogP contribution in [0.15, 0.2) is 11.8 Å². The maximum Gasteiger partial charge on any atom is 0.0720 e. The Kier molecular flexibility index (Phi) is 2.68. The molecule has 0 aliphatic rings. The third kappa shape index (κ3) is 2.85. The van der Waals surface area contributed by atoms with Gasteiger partial charge in [-0.3, -0.25) is 0 Å². The first-order chi connectivity index (χ1) is 3.85. The molecular formula is C8H18Si. The molecule has 0 N–H and O–H groups in total. The molecule has 0 aromatic rings. The number of rotatable bonds is 2. The molecule has 0 heterocycles. The van der Waals surface area contributed by atoms with Crippen molar-refractivity contribution >= 4 is 8.07 Å². The van der Waals surface area contributed by atoms with Gasteiger partial charge in [-0.05, 0) is 5.92 Å². The Morgan fingerprint density at radius 2 is 1.56 bits per heavy atom. The van der Waals surface area contributed by atoms with Crippen LogP contribution in [-0.2, 0) is 0 Å². The van der Waals surface area contributed by atoms with Crippen molar-refractivity contribution in [2.45, 2.75) is 33.5 Å². The van der Waals surface area contributed by atoms with Crippen LogP contribution in [0.5, 0.6) is 0 Å². The smallest absolute Gasteiger partial charge is 0.0720 e. The van der Waals surface area contributed by atoms with Gasteiger partial charge in [-0.2, -0.15) is 0 Å². The first-order valence-electron chi connectivity index (χ1n) is 3.55. The van der Waals surface area contributed by atoms with E-state index in [2.05, 4.69) is 40.1 Å². The summed E-state index contributed by atoms with van der Waals surface area (Å²) < 4.78 is 0. The molecule has 0 aliphatic heterocycles. The molecule has 0 unspecified atom stereocenters. The lowest BCUT2D eigenvalue weighted by Crippen LogP contribution is -2.26. The zero-order valence-corrected chi connectivity index (χ0v) is 8.28. The summed E-state index contributed by atoms with van der Waals surface area (Å²) in [6, 6.07) is 0. The van der Waals surface area contributed by atoms with E-state index in [1.54, 1.807) is 0 Å². The molecule has 0 aliphatic carbocycles. The molecule has 0 saturated carbocycles. The lowest BCUT2D eigenvalue weighted by Gasteiger charge is -2.22. The summed E-state index contributed by atoms with van der Waals surface area (Å²) in [5, 5.41) is 1.47. The van der Waals surface area contributed by atoms with Gasteiger partial charge in [0.15, 0.2) is 0 Å². The summed E-state index contributed by atoms with van der Waals surface area (Å²) in [6.45, 7) is 15.6. The Bertz CT molecular complexity index is 106. The molecule has 1 heteroatoms. The van der Waals surface area contributed by atoms with Gasteiger partial charge in [0.25, 0.3) is 0 Å². The highest BCUT2D eigenvalue weighted by Gasteiger charge is 2.19. The highest BCUT2D eigenvalue weighted by atomic mass is 28.3. The van der Waals surface area contributed by atoms with E-state index in [0.717, 1.165) is 0 Å². The fourth-order valence-corrected chi connectivity index (χ4v) is 2.60. The van der Waals surface area contributed by atoms with Gasteiger partial charge >= 0.3 is 0 Å². The quantitative estimate of drug-likeness (QED) is 0.520. The van der Waals surface area contributed by atoms with Crippen molar-refractivity contribution in [3.8, 4) is 0 Å². The van der Waals surface area contributed by atoms with Crippen LogP contribution in [0, 0.1) is 5.92 Å². The van der Waals surface area contributed by atoms with Gasteiger partial charge in [0, 0.05) is 0 Å². The SMILES string of the molecule is C=C(C(C)C)[Si](C)(C)C. The average Bonchev–Trinajstić information content (AvgIpc) is 1.62. The normalized spacial score (nSPS) is 12.2. The van der Waals surface area contributed by atoms with Crippen LogP contribution < -0.4 is 0 Å². The van der Waals surface area contributed by atoms with Gasteiger partial charge in [-0.1, -0.05) is 38.7 Å². The Balaban J connectivity index is 4.06. The zero-order chi connectivity index (χ0) is 7.65. The summed E-state index contributed by atoms with van der Waals surface area (Å²) >= 11 is 0. The monoisotopic (exact) mass is 142 g/mol. The van der Waals surface area contributed by atoms with E-state index in [1.807, 2.05) is 0 Å². The molecule has 0 aromatic heterocycles. The summed E-state index contributed by atoms with van der Waals surface area (Å²) in [6.07, 6.45) is 0. The van der Waals surface area contributed by atoms with Crippen LogP contribution in [-0.4, -0.2) is 8.07 Å². The number of allylic oxidation sites excluding steroid dienone is 1. The van der Waals surface area contributed by atoms with Crippen LogP contribution in [0.4, 0.5) is 0 Å². The van der Waals surface area contributed by atoms with Crippen molar-refractivity contribution in [1.29, 1.82) is 0 Å². The van der Waals surface area contributed by atoms with Crippen LogP contribution in [0.3, 0.4) is 0 Å². The molecule has 54 valence electrons. The van der Waals surface area contributed by atoms with E-state index < -0.39 is 8.07 Å². The second kappa shape index (κ2) is 2.69. The van der Waals surface area contributed by atoms with Crippen molar-refractivity contribution < 1.29 is 0 Å². The first-order valence-corrected chi connectivity index (χ1v) is 7.05. The molecule has 0 amide bonds. The predicted octanol–water partition coefficient (Wildman–Crippen LogP) is 3.08. The summed E-state index contributed by atoms with van der Waals surface area (Å²) in [5.41, 5.74) is 0. The Morgan fingerprint density at radius 1 is 1.22 bits per heavy atom. The molecule has 0 spiro atoms. The van der Waals surface area contributed by atoms with Crippen LogP contribution in [0.25, 0.3) is 0 Å². The Morgan fingerprint density at radius 3 is 1.56 bits per heavy atom. The zero-order valence-electron chi connectivity index (χ0n) is 7.28. The second-order valence-electron chi connectivity index (χ2n) is 3.93. The van der Waals surface area contributed by atoms with Crippen molar-refractivity contribution in [3.05, 3.63) is 11.8 Å². The van der Waals surface area contributed by atoms with Crippen LogP contribution >= 0.6 is 0 Å². The van der Waals surface area contributed by atoms with Gasteiger partial charge in [0.05, 0.1) is 8.07 Å². The molecule has 0 fully saturated rings. The van der Waals surface area contributed by atoms with E-state index in [-0.39, 0.29) is 0 Å². The molecule has 0 nitrogen and oxygen atoms in total. The van der Waals surface area contributed by atoms with Crippen molar-refractivity contribution in [2.24, 2.45) is 5.92 Å². The molecule has 0 saturated heterocycles. The second-order valence-corrected chi connectivity index (χ2v) is 9.07. The first kappa shape index (κ1) is 8.96. The predicted molar refractivity (Wildman–Crippen MR) is 47.3 cm³/mol. The van der Waals surface area contributed by atoms with E-state index in [4.69, 9.17) is 0 Å². The fraction of sp³-hybridized carbons (Fsp3) is 0.750. The molecule has 0 bridgehead atoms. The van der Waals surface area contributed by atoms with Crippen LogP contribution in [0.2, 0.25) is 19.6 Å². The molecule has 0 aromatic carbocycles. The van der Waals surface area contributed by atoms with E-state index in [0.29, 0.717) is 5.92 Å². The maximum atomic E-state index is 4.09. The minimum absolute atomic E-state index is 0.677. The topological polar surface area (TPSA) is 0 Å². The minimum Gasteiger partial charge on any atom is -0.103 e. The third-order valence-electron chi connectivity index (χ3n) is 1.66. The summed E-state index contributed by atoms with van der Waals surface area (Å²) in [5.74, 6) is 0.677. The molecule has 0 rings (SSSR count). The summed E-state index contributed by atoms with van der Waals surface area (Å²) in [4.78, 5) is 0. The van der Waals surface area contributed by atoms with Gasteiger partial charge in [0.2, 0.25) is 0 Å². The Hall–Kier alpha value is -0.0431. The lowest BCUT2D eigenvalue weighted by molar-refractivity contribution is 0.806. The average molecular weight is 142 g/mol. The van der Waals surface area contributed by atoms with Gasteiger partial charge in [-0.15, -0.1) is 6.58 Å². The largest absolute Gasteiger partial charge is 0.103 e. The minimum atomic E-state index is -1.02. The third-order valence-corrected chi connectivity index (χ3v) is 4.16. The van der Waals surface area contributed by atoms with Crippen molar-refractivity contribution in [1.82, 2.24) is 0 Å². The lowest BCUT2D eigenvalue weighted by atomic mass is 10.2. The number of hydrogen-bond donors (Lipinski definition) is 0. The van der Waals surface area contributed by atoms with Gasteiger partial charge < -0.3 is 0 Å². The standard InChI is InChI=1S/C8H18Si/c1-7(2)8(3)9(4,5)6/h7H,3H2,1-2,4-6H3. The molecule has 0 atom stereocenters. The molecule has 0 radical (unpaired) electrons. The van der Waals surface area contributed by atoms with E-state index in [1.165, 1.54) is 5.20 Å². The fourth-order valence-electron chi connectivity index (χ4n) is 0.866. The van der Waals surface area contributed by atoms with Gasteiger partial charge in [-0.25, -0.2) is 0 Å². The molecule has 9 heavy (non-hydrogen) atoms. The van der Waals surface area contributed by atoms with Crippen molar-refractivity contribution in [2.75, 3.05) is 0 Å².